The molecule has 1 atom stereocenters. The third-order valence-corrected chi connectivity index (χ3v) is 7.59. The van der Waals surface area contributed by atoms with Crippen LogP contribution in [0.3, 0.4) is 0 Å². The molecular formula is C16H26N4O3S. The van der Waals surface area contributed by atoms with Crippen molar-refractivity contribution in [1.82, 2.24) is 14.4 Å². The molecule has 0 amide bonds. The van der Waals surface area contributed by atoms with Gasteiger partial charge in [0, 0.05) is 24.9 Å². The summed E-state index contributed by atoms with van der Waals surface area (Å²) >= 11 is 0. The first kappa shape index (κ1) is 16.5. The maximum Gasteiger partial charge on any atom is 0.276 e. The predicted octanol–water partition coefficient (Wildman–Crippen LogP) is 1.99. The highest BCUT2D eigenvalue weighted by Gasteiger charge is 2.58. The Kier molecular flexibility index (Phi) is 3.78. The summed E-state index contributed by atoms with van der Waals surface area (Å²) in [5, 5.41) is 9.44. The molecule has 0 aromatic carbocycles. The summed E-state index contributed by atoms with van der Waals surface area (Å²) in [5.41, 5.74) is 0.155. The van der Waals surface area contributed by atoms with Crippen molar-refractivity contribution in [1.29, 1.82) is 0 Å². The molecule has 0 radical (unpaired) electrons. The van der Waals surface area contributed by atoms with Crippen LogP contribution in [0.4, 0.5) is 0 Å². The minimum Gasteiger partial charge on any atom is -0.339 e. The zero-order valence-electron chi connectivity index (χ0n) is 14.3. The summed E-state index contributed by atoms with van der Waals surface area (Å²) in [5.74, 6) is 3.86. The van der Waals surface area contributed by atoms with Gasteiger partial charge in [0.05, 0.1) is 0 Å². The van der Waals surface area contributed by atoms with Gasteiger partial charge in [-0.3, -0.25) is 0 Å². The second-order valence-electron chi connectivity index (χ2n) is 8.23. The van der Waals surface area contributed by atoms with Gasteiger partial charge in [0.2, 0.25) is 5.89 Å². The number of piperidine rings is 1. The minimum atomic E-state index is -3.56. The monoisotopic (exact) mass is 354 g/mol. The van der Waals surface area contributed by atoms with E-state index in [1.807, 2.05) is 0 Å². The number of nitrogens with zero attached hydrogens (tertiary/aromatic N) is 3. The Balaban J connectivity index is 1.36. The zero-order chi connectivity index (χ0) is 17.1. The molecule has 3 fully saturated rings. The molecule has 1 aromatic heterocycles. The minimum absolute atomic E-state index is 0.155. The highest BCUT2D eigenvalue weighted by molar-refractivity contribution is 7.86. The van der Waals surface area contributed by atoms with Crippen molar-refractivity contribution in [2.24, 2.45) is 22.4 Å². The molecule has 8 heteroatoms. The van der Waals surface area contributed by atoms with E-state index in [1.54, 1.807) is 0 Å². The smallest absolute Gasteiger partial charge is 0.276 e. The summed E-state index contributed by atoms with van der Waals surface area (Å²) in [6, 6.07) is 0. The van der Waals surface area contributed by atoms with Crippen molar-refractivity contribution in [3.63, 3.8) is 0 Å². The Hall–Kier alpha value is -0.990. The van der Waals surface area contributed by atoms with Crippen LogP contribution in [0.1, 0.15) is 69.5 Å². The van der Waals surface area contributed by atoms with E-state index in [0.29, 0.717) is 24.9 Å². The first-order valence-corrected chi connectivity index (χ1v) is 10.4. The Morgan fingerprint density at radius 2 is 1.96 bits per heavy atom. The maximum atomic E-state index is 11.4. The molecular weight excluding hydrogens is 328 g/mol. The second-order valence-corrected chi connectivity index (χ2v) is 9.77. The van der Waals surface area contributed by atoms with E-state index in [-0.39, 0.29) is 5.41 Å². The number of hydrogen-bond acceptors (Lipinski definition) is 5. The third-order valence-electron chi connectivity index (χ3n) is 6.50. The highest BCUT2D eigenvalue weighted by atomic mass is 32.2. The summed E-state index contributed by atoms with van der Waals surface area (Å²) in [7, 11) is -3.56. The van der Waals surface area contributed by atoms with Crippen LogP contribution in [-0.4, -0.2) is 36.0 Å². The van der Waals surface area contributed by atoms with Crippen molar-refractivity contribution in [3.8, 4) is 0 Å². The van der Waals surface area contributed by atoms with Gasteiger partial charge >= 0.3 is 0 Å². The Morgan fingerprint density at radius 3 is 2.54 bits per heavy atom. The van der Waals surface area contributed by atoms with E-state index >= 15 is 0 Å². The SMILES string of the molecule is CC(C)C1CC(c2nc([C@@H]3CC34CCN(S(N)(=O)=O)CC4)no2)C1. The number of hydrogen-bond donors (Lipinski definition) is 1. The van der Waals surface area contributed by atoms with E-state index in [4.69, 9.17) is 9.66 Å². The molecule has 0 unspecified atom stereocenters. The number of rotatable bonds is 4. The van der Waals surface area contributed by atoms with Crippen molar-refractivity contribution >= 4 is 10.2 Å². The lowest BCUT2D eigenvalue weighted by atomic mass is 9.69. The predicted molar refractivity (Wildman–Crippen MR) is 88.3 cm³/mol. The molecule has 3 aliphatic rings. The van der Waals surface area contributed by atoms with Crippen LogP contribution >= 0.6 is 0 Å². The molecule has 7 nitrogen and oxygen atoms in total. The number of aromatic nitrogens is 2. The van der Waals surface area contributed by atoms with Gasteiger partial charge in [-0.25, -0.2) is 5.14 Å². The number of nitrogens with two attached hydrogens (primary N) is 1. The fraction of sp³-hybridized carbons (Fsp3) is 0.875. The Bertz CT molecular complexity index is 715. The van der Waals surface area contributed by atoms with E-state index in [2.05, 4.69) is 24.0 Å². The Labute approximate surface area is 143 Å². The van der Waals surface area contributed by atoms with Gasteiger partial charge in [0.15, 0.2) is 5.82 Å². The summed E-state index contributed by atoms with van der Waals surface area (Å²) in [6.45, 7) is 5.53. The summed E-state index contributed by atoms with van der Waals surface area (Å²) in [6.07, 6.45) is 4.99. The van der Waals surface area contributed by atoms with Crippen LogP contribution in [0.25, 0.3) is 0 Å². The van der Waals surface area contributed by atoms with Crippen molar-refractivity contribution in [3.05, 3.63) is 11.7 Å². The molecule has 2 saturated carbocycles. The largest absolute Gasteiger partial charge is 0.339 e. The van der Waals surface area contributed by atoms with E-state index in [9.17, 15) is 8.42 Å². The molecule has 1 aliphatic heterocycles. The van der Waals surface area contributed by atoms with Crippen molar-refractivity contribution < 1.29 is 12.9 Å². The van der Waals surface area contributed by atoms with Crippen LogP contribution in [0, 0.1) is 17.3 Å². The lowest BCUT2D eigenvalue weighted by Crippen LogP contribution is -2.43. The quantitative estimate of drug-likeness (QED) is 0.891. The standard InChI is InChI=1S/C16H26N4O3S/c1-10(2)11-7-12(8-11)15-18-14(19-23-15)13-9-16(13)3-5-20(6-4-16)24(17,21)22/h10-13H,3-9H2,1-2H3,(H2,17,21,22)/t11?,12?,13-/m0/s1. The molecule has 2 aliphatic carbocycles. The van der Waals surface area contributed by atoms with Gasteiger partial charge in [-0.2, -0.15) is 17.7 Å². The lowest BCUT2D eigenvalue weighted by molar-refractivity contribution is 0.165. The molecule has 2 heterocycles. The average molecular weight is 354 g/mol. The molecule has 2 N–H and O–H groups in total. The lowest BCUT2D eigenvalue weighted by Gasteiger charge is -2.35. The van der Waals surface area contributed by atoms with Crippen LogP contribution in [0.15, 0.2) is 4.52 Å². The molecule has 1 saturated heterocycles. The highest BCUT2D eigenvalue weighted by Crippen LogP contribution is 2.64. The second kappa shape index (κ2) is 5.51. The van der Waals surface area contributed by atoms with E-state index in [0.717, 1.165) is 55.7 Å². The Morgan fingerprint density at radius 1 is 1.29 bits per heavy atom. The third kappa shape index (κ3) is 2.78. The summed E-state index contributed by atoms with van der Waals surface area (Å²) < 4.78 is 29.7. The van der Waals surface area contributed by atoms with Gasteiger partial charge in [-0.1, -0.05) is 19.0 Å². The van der Waals surface area contributed by atoms with E-state index < -0.39 is 10.2 Å². The average Bonchev–Trinajstić information content (AvgIpc) is 2.91. The molecule has 134 valence electrons. The van der Waals surface area contributed by atoms with Crippen LogP contribution in [0.2, 0.25) is 0 Å². The topological polar surface area (TPSA) is 102 Å². The van der Waals surface area contributed by atoms with Gasteiger partial charge in [-0.15, -0.1) is 0 Å². The zero-order valence-corrected chi connectivity index (χ0v) is 15.1. The van der Waals surface area contributed by atoms with E-state index in [1.165, 1.54) is 4.31 Å². The molecule has 1 aromatic rings. The first-order valence-electron chi connectivity index (χ1n) is 8.90. The molecule has 0 bridgehead atoms. The van der Waals surface area contributed by atoms with Crippen LogP contribution < -0.4 is 5.14 Å². The van der Waals surface area contributed by atoms with Gasteiger partial charge in [-0.05, 0) is 49.4 Å². The van der Waals surface area contributed by atoms with Crippen LogP contribution in [0.5, 0.6) is 0 Å². The normalized spacial score (nSPS) is 32.9. The fourth-order valence-electron chi connectivity index (χ4n) is 4.41. The van der Waals surface area contributed by atoms with Crippen molar-refractivity contribution in [2.75, 3.05) is 13.1 Å². The van der Waals surface area contributed by atoms with Gasteiger partial charge < -0.3 is 4.52 Å². The molecule has 1 spiro atoms. The molecule has 4 rings (SSSR count). The van der Waals surface area contributed by atoms with Crippen LogP contribution in [-0.2, 0) is 10.2 Å². The maximum absolute atomic E-state index is 11.4. The van der Waals surface area contributed by atoms with Gasteiger partial charge in [0.1, 0.15) is 0 Å². The molecule has 24 heavy (non-hydrogen) atoms. The van der Waals surface area contributed by atoms with Gasteiger partial charge in [0.25, 0.3) is 10.2 Å². The van der Waals surface area contributed by atoms with Crippen molar-refractivity contribution in [2.45, 2.75) is 57.8 Å². The first-order chi connectivity index (χ1) is 11.3. The summed E-state index contributed by atoms with van der Waals surface area (Å²) in [4.78, 5) is 4.67. The fourth-order valence-corrected chi connectivity index (χ4v) is 5.11.